The molecular weight excluding hydrogens is 541 g/mol. The minimum Gasteiger partial charge on any atom is -0.379 e. The Kier molecular flexibility index (Phi) is 14.7. The first kappa shape index (κ1) is 25.0. The number of ether oxygens (including phenoxy) is 2. The van der Waals surface area contributed by atoms with Gasteiger partial charge in [0.1, 0.15) is 0 Å². The van der Waals surface area contributed by atoms with Crippen molar-refractivity contribution in [2.75, 3.05) is 45.7 Å². The Morgan fingerprint density at radius 2 is 2.04 bits per heavy atom. The third kappa shape index (κ3) is 10.9. The number of unbranched alkanes of at least 4 members (excludes halogenated alkanes) is 1. The van der Waals surface area contributed by atoms with Gasteiger partial charge >= 0.3 is 0 Å². The van der Waals surface area contributed by atoms with Crippen LogP contribution in [0.2, 0.25) is 0 Å². The number of halogens is 2. The van der Waals surface area contributed by atoms with Crippen LogP contribution in [0.1, 0.15) is 25.7 Å². The fraction of sp³-hybridized carbons (Fsp3) is 0.632. The van der Waals surface area contributed by atoms with Crippen LogP contribution in [0.5, 0.6) is 0 Å². The molecule has 2 rings (SSSR count). The summed E-state index contributed by atoms with van der Waals surface area (Å²) in [5.74, 6) is 1.99. The Morgan fingerprint density at radius 3 is 2.74 bits per heavy atom. The van der Waals surface area contributed by atoms with E-state index in [-0.39, 0.29) is 24.0 Å². The molecular formula is C19H31BrIN3O2S. The Hall–Kier alpha value is -0.0300. The molecule has 0 amide bonds. The second-order valence-corrected chi connectivity index (χ2v) is 8.11. The van der Waals surface area contributed by atoms with E-state index in [2.05, 4.69) is 49.8 Å². The zero-order valence-corrected chi connectivity index (χ0v) is 20.6. The molecule has 2 N–H and O–H groups in total. The third-order valence-corrected chi connectivity index (χ3v) is 6.15. The van der Waals surface area contributed by atoms with Gasteiger partial charge in [-0.15, -0.1) is 35.7 Å². The highest BCUT2D eigenvalue weighted by atomic mass is 127. The molecule has 1 atom stereocenters. The first-order valence-corrected chi connectivity index (χ1v) is 11.1. The number of nitrogens with zero attached hydrogens (tertiary/aromatic N) is 1. The van der Waals surface area contributed by atoms with Gasteiger partial charge in [0, 0.05) is 42.7 Å². The SMILES string of the molecule is CN=C(NCCCCSc1ccccc1Br)NCCCOC1CCOC1.I. The van der Waals surface area contributed by atoms with Crippen molar-refractivity contribution < 1.29 is 9.47 Å². The van der Waals surface area contributed by atoms with Crippen LogP contribution >= 0.6 is 51.7 Å². The minimum atomic E-state index is 0. The molecule has 1 fully saturated rings. The highest BCUT2D eigenvalue weighted by Gasteiger charge is 2.15. The molecule has 8 heteroatoms. The van der Waals surface area contributed by atoms with Gasteiger partial charge in [-0.05, 0) is 59.5 Å². The Morgan fingerprint density at radius 1 is 1.26 bits per heavy atom. The van der Waals surface area contributed by atoms with E-state index in [0.717, 1.165) is 63.9 Å². The maximum absolute atomic E-state index is 5.76. The molecule has 0 aromatic heterocycles. The molecule has 27 heavy (non-hydrogen) atoms. The van der Waals surface area contributed by atoms with Gasteiger partial charge < -0.3 is 20.1 Å². The van der Waals surface area contributed by atoms with Crippen LogP contribution in [0.4, 0.5) is 0 Å². The monoisotopic (exact) mass is 571 g/mol. The zero-order chi connectivity index (χ0) is 18.5. The number of thioether (sulfide) groups is 1. The number of aliphatic imine (C=N–C) groups is 1. The summed E-state index contributed by atoms with van der Waals surface area (Å²) in [6.07, 6.45) is 4.59. The van der Waals surface area contributed by atoms with Crippen molar-refractivity contribution in [1.29, 1.82) is 0 Å². The Labute approximate surface area is 193 Å². The average molecular weight is 572 g/mol. The van der Waals surface area contributed by atoms with Crippen LogP contribution in [0, 0.1) is 0 Å². The fourth-order valence-corrected chi connectivity index (χ4v) is 4.15. The molecule has 0 aliphatic carbocycles. The van der Waals surface area contributed by atoms with Gasteiger partial charge in [0.05, 0.1) is 12.7 Å². The minimum absolute atomic E-state index is 0. The highest BCUT2D eigenvalue weighted by molar-refractivity contribution is 14.0. The maximum Gasteiger partial charge on any atom is 0.190 e. The summed E-state index contributed by atoms with van der Waals surface area (Å²) in [5, 5.41) is 6.71. The van der Waals surface area contributed by atoms with Gasteiger partial charge in [-0.2, -0.15) is 0 Å². The van der Waals surface area contributed by atoms with E-state index in [4.69, 9.17) is 9.47 Å². The van der Waals surface area contributed by atoms with E-state index < -0.39 is 0 Å². The van der Waals surface area contributed by atoms with E-state index in [0.29, 0.717) is 6.10 Å². The van der Waals surface area contributed by atoms with Crippen molar-refractivity contribution >= 4 is 57.6 Å². The van der Waals surface area contributed by atoms with Crippen LogP contribution in [-0.2, 0) is 9.47 Å². The first-order valence-electron chi connectivity index (χ1n) is 9.31. The number of hydrogen-bond donors (Lipinski definition) is 2. The molecule has 1 aromatic rings. The number of guanidine groups is 1. The van der Waals surface area contributed by atoms with Crippen molar-refractivity contribution in [3.8, 4) is 0 Å². The fourth-order valence-electron chi connectivity index (χ4n) is 2.57. The number of hydrogen-bond acceptors (Lipinski definition) is 4. The van der Waals surface area contributed by atoms with Crippen molar-refractivity contribution in [3.63, 3.8) is 0 Å². The van der Waals surface area contributed by atoms with Gasteiger partial charge in [0.2, 0.25) is 0 Å². The van der Waals surface area contributed by atoms with Crippen LogP contribution in [0.15, 0.2) is 38.6 Å². The van der Waals surface area contributed by atoms with Crippen LogP contribution in [-0.4, -0.2) is 57.8 Å². The summed E-state index contributed by atoms with van der Waals surface area (Å²) in [7, 11) is 1.81. The Bertz CT molecular complexity index is 545. The van der Waals surface area contributed by atoms with Gasteiger partial charge in [0.25, 0.3) is 0 Å². The van der Waals surface area contributed by atoms with E-state index >= 15 is 0 Å². The van der Waals surface area contributed by atoms with Crippen LogP contribution in [0.25, 0.3) is 0 Å². The van der Waals surface area contributed by atoms with E-state index in [1.165, 1.54) is 15.8 Å². The molecule has 1 unspecified atom stereocenters. The van der Waals surface area contributed by atoms with E-state index in [1.807, 2.05) is 24.9 Å². The summed E-state index contributed by atoms with van der Waals surface area (Å²) in [4.78, 5) is 5.57. The third-order valence-electron chi connectivity index (χ3n) is 4.04. The first-order chi connectivity index (χ1) is 12.8. The molecule has 0 spiro atoms. The molecule has 1 aromatic carbocycles. The molecule has 1 heterocycles. The number of benzene rings is 1. The predicted octanol–water partition coefficient (Wildman–Crippen LogP) is 4.30. The summed E-state index contributed by atoms with van der Waals surface area (Å²) >= 11 is 5.49. The lowest BCUT2D eigenvalue weighted by Crippen LogP contribution is -2.38. The molecule has 5 nitrogen and oxygen atoms in total. The van der Waals surface area contributed by atoms with Crippen molar-refractivity contribution in [1.82, 2.24) is 10.6 Å². The van der Waals surface area contributed by atoms with Gasteiger partial charge in [0.15, 0.2) is 5.96 Å². The lowest BCUT2D eigenvalue weighted by molar-refractivity contribution is 0.0420. The summed E-state index contributed by atoms with van der Waals surface area (Å²) in [5.41, 5.74) is 0. The predicted molar refractivity (Wildman–Crippen MR) is 129 cm³/mol. The van der Waals surface area contributed by atoms with E-state index in [9.17, 15) is 0 Å². The van der Waals surface area contributed by atoms with Gasteiger partial charge in [-0.3, -0.25) is 4.99 Å². The quantitative estimate of drug-likeness (QED) is 0.136. The van der Waals surface area contributed by atoms with E-state index in [1.54, 1.807) is 0 Å². The lowest BCUT2D eigenvalue weighted by atomic mass is 10.3. The van der Waals surface area contributed by atoms with Crippen molar-refractivity contribution in [3.05, 3.63) is 28.7 Å². The van der Waals surface area contributed by atoms with Crippen molar-refractivity contribution in [2.24, 2.45) is 4.99 Å². The average Bonchev–Trinajstić information content (AvgIpc) is 3.17. The molecule has 154 valence electrons. The molecule has 0 bridgehead atoms. The molecule has 1 aliphatic rings. The molecule has 1 aliphatic heterocycles. The topological polar surface area (TPSA) is 54.9 Å². The number of rotatable bonds is 11. The van der Waals surface area contributed by atoms with Crippen molar-refractivity contribution in [2.45, 2.75) is 36.7 Å². The summed E-state index contributed by atoms with van der Waals surface area (Å²) in [6, 6.07) is 8.37. The molecule has 0 saturated carbocycles. The second-order valence-electron chi connectivity index (χ2n) is 6.12. The highest BCUT2D eigenvalue weighted by Crippen LogP contribution is 2.27. The van der Waals surface area contributed by atoms with Crippen LogP contribution < -0.4 is 10.6 Å². The smallest absolute Gasteiger partial charge is 0.190 e. The number of nitrogens with one attached hydrogen (secondary N) is 2. The standard InChI is InChI=1S/C19H30BrN3O2S.HI/c1-21-19(23-11-6-12-25-16-9-13-24-15-16)22-10-4-5-14-26-18-8-3-2-7-17(18)20;/h2-3,7-8,16H,4-6,9-15H2,1H3,(H2,21,22,23);1H. The van der Waals surface area contributed by atoms with Crippen LogP contribution in [0.3, 0.4) is 0 Å². The maximum atomic E-state index is 5.76. The summed E-state index contributed by atoms with van der Waals surface area (Å²) in [6.45, 7) is 4.15. The largest absolute Gasteiger partial charge is 0.379 e. The Balaban J connectivity index is 0.00000364. The van der Waals surface area contributed by atoms with Gasteiger partial charge in [-0.25, -0.2) is 0 Å². The second kappa shape index (κ2) is 15.8. The zero-order valence-electron chi connectivity index (χ0n) is 15.9. The van der Waals surface area contributed by atoms with Gasteiger partial charge in [-0.1, -0.05) is 12.1 Å². The lowest BCUT2D eigenvalue weighted by Gasteiger charge is -2.13. The molecule has 0 radical (unpaired) electrons. The summed E-state index contributed by atoms with van der Waals surface area (Å²) < 4.78 is 12.2. The molecule has 1 saturated heterocycles. The normalized spacial score (nSPS) is 16.8.